The SMILES string of the molecule is CSCCCN1CCO[C@@H](Cc2ccc(F)cc2)C1. The molecular weight excluding hydrogens is 261 g/mol. The first kappa shape index (κ1) is 14.8. The van der Waals surface area contributed by atoms with E-state index in [1.54, 1.807) is 0 Å². The van der Waals surface area contributed by atoms with Gasteiger partial charge in [0, 0.05) is 13.1 Å². The Morgan fingerprint density at radius 1 is 1.37 bits per heavy atom. The molecule has 0 saturated carbocycles. The summed E-state index contributed by atoms with van der Waals surface area (Å²) in [7, 11) is 0. The Balaban J connectivity index is 1.78. The molecule has 4 heteroatoms. The Labute approximate surface area is 119 Å². The molecule has 2 rings (SSSR count). The third-order valence-electron chi connectivity index (χ3n) is 3.42. The van der Waals surface area contributed by atoms with Crippen molar-refractivity contribution in [2.75, 3.05) is 38.2 Å². The van der Waals surface area contributed by atoms with E-state index >= 15 is 0 Å². The maximum Gasteiger partial charge on any atom is 0.123 e. The molecule has 0 unspecified atom stereocenters. The number of halogens is 1. The molecule has 0 radical (unpaired) electrons. The molecule has 1 fully saturated rings. The highest BCUT2D eigenvalue weighted by Crippen LogP contribution is 2.13. The van der Waals surface area contributed by atoms with E-state index in [9.17, 15) is 4.39 Å². The second-order valence-electron chi connectivity index (χ2n) is 4.97. The molecule has 19 heavy (non-hydrogen) atoms. The molecule has 0 aliphatic carbocycles. The minimum absolute atomic E-state index is 0.174. The van der Waals surface area contributed by atoms with E-state index in [4.69, 9.17) is 4.74 Å². The molecule has 1 aliphatic rings. The van der Waals surface area contributed by atoms with Crippen LogP contribution in [-0.4, -0.2) is 49.3 Å². The van der Waals surface area contributed by atoms with Crippen molar-refractivity contribution in [3.63, 3.8) is 0 Å². The molecule has 1 saturated heterocycles. The van der Waals surface area contributed by atoms with E-state index < -0.39 is 0 Å². The summed E-state index contributed by atoms with van der Waals surface area (Å²) in [4.78, 5) is 2.48. The largest absolute Gasteiger partial charge is 0.375 e. The summed E-state index contributed by atoms with van der Waals surface area (Å²) in [5, 5.41) is 0. The van der Waals surface area contributed by atoms with E-state index in [-0.39, 0.29) is 11.9 Å². The maximum absolute atomic E-state index is 12.9. The fourth-order valence-electron chi connectivity index (χ4n) is 2.42. The van der Waals surface area contributed by atoms with Crippen LogP contribution in [0.4, 0.5) is 4.39 Å². The van der Waals surface area contributed by atoms with Crippen LogP contribution in [0, 0.1) is 5.82 Å². The number of hydrogen-bond donors (Lipinski definition) is 0. The first-order chi connectivity index (χ1) is 9.28. The van der Waals surface area contributed by atoms with Crippen molar-refractivity contribution < 1.29 is 9.13 Å². The molecule has 0 aromatic heterocycles. The van der Waals surface area contributed by atoms with Gasteiger partial charge >= 0.3 is 0 Å². The lowest BCUT2D eigenvalue weighted by Crippen LogP contribution is -2.43. The van der Waals surface area contributed by atoms with Gasteiger partial charge in [-0.05, 0) is 49.1 Å². The summed E-state index contributed by atoms with van der Waals surface area (Å²) >= 11 is 1.90. The zero-order chi connectivity index (χ0) is 13.5. The van der Waals surface area contributed by atoms with Crippen LogP contribution in [0.5, 0.6) is 0 Å². The van der Waals surface area contributed by atoms with Gasteiger partial charge < -0.3 is 4.74 Å². The van der Waals surface area contributed by atoms with E-state index in [0.29, 0.717) is 0 Å². The topological polar surface area (TPSA) is 12.5 Å². The van der Waals surface area contributed by atoms with Gasteiger partial charge in [-0.2, -0.15) is 11.8 Å². The zero-order valence-electron chi connectivity index (χ0n) is 11.5. The average molecular weight is 283 g/mol. The number of thioether (sulfide) groups is 1. The minimum atomic E-state index is -0.174. The predicted molar refractivity (Wildman–Crippen MR) is 79.3 cm³/mol. The van der Waals surface area contributed by atoms with Gasteiger partial charge in [0.2, 0.25) is 0 Å². The van der Waals surface area contributed by atoms with E-state index in [0.717, 1.165) is 38.2 Å². The lowest BCUT2D eigenvalue weighted by Gasteiger charge is -2.33. The van der Waals surface area contributed by atoms with Crippen LogP contribution in [-0.2, 0) is 11.2 Å². The Kier molecular flexibility index (Phi) is 6.14. The van der Waals surface area contributed by atoms with Crippen LogP contribution in [0.1, 0.15) is 12.0 Å². The molecule has 1 atom stereocenters. The molecule has 1 aliphatic heterocycles. The third-order valence-corrected chi connectivity index (χ3v) is 4.12. The average Bonchev–Trinajstić information content (AvgIpc) is 2.42. The van der Waals surface area contributed by atoms with Crippen molar-refractivity contribution >= 4 is 11.8 Å². The first-order valence-corrected chi connectivity index (χ1v) is 8.24. The molecule has 1 aromatic rings. The molecule has 0 spiro atoms. The summed E-state index contributed by atoms with van der Waals surface area (Å²) in [5.41, 5.74) is 1.15. The predicted octanol–water partition coefficient (Wildman–Crippen LogP) is 2.82. The van der Waals surface area contributed by atoms with Gasteiger partial charge in [-0.25, -0.2) is 4.39 Å². The second-order valence-corrected chi connectivity index (χ2v) is 5.96. The van der Waals surface area contributed by atoms with Crippen molar-refractivity contribution in [1.29, 1.82) is 0 Å². The lowest BCUT2D eigenvalue weighted by atomic mass is 10.1. The molecular formula is C15H22FNOS. The van der Waals surface area contributed by atoms with Crippen molar-refractivity contribution in [2.45, 2.75) is 18.9 Å². The highest BCUT2D eigenvalue weighted by molar-refractivity contribution is 7.98. The van der Waals surface area contributed by atoms with Crippen LogP contribution in [0.3, 0.4) is 0 Å². The molecule has 1 heterocycles. The summed E-state index contributed by atoms with van der Waals surface area (Å²) in [5.74, 6) is 1.05. The summed E-state index contributed by atoms with van der Waals surface area (Å²) in [6.45, 7) is 4.00. The highest BCUT2D eigenvalue weighted by Gasteiger charge is 2.20. The van der Waals surface area contributed by atoms with Gasteiger partial charge in [-0.3, -0.25) is 4.90 Å². The smallest absolute Gasteiger partial charge is 0.123 e. The zero-order valence-corrected chi connectivity index (χ0v) is 12.3. The Hall–Kier alpha value is -0.580. The van der Waals surface area contributed by atoms with Crippen LogP contribution in [0.15, 0.2) is 24.3 Å². The van der Waals surface area contributed by atoms with Gasteiger partial charge in [0.1, 0.15) is 5.82 Å². The number of rotatable bonds is 6. The summed E-state index contributed by atoms with van der Waals surface area (Å²) < 4.78 is 18.7. The normalized spacial score (nSPS) is 20.6. The Morgan fingerprint density at radius 3 is 2.89 bits per heavy atom. The van der Waals surface area contributed by atoms with Gasteiger partial charge in [0.25, 0.3) is 0 Å². The van der Waals surface area contributed by atoms with Crippen molar-refractivity contribution in [3.05, 3.63) is 35.6 Å². The Morgan fingerprint density at radius 2 is 2.16 bits per heavy atom. The van der Waals surface area contributed by atoms with E-state index in [1.807, 2.05) is 23.9 Å². The van der Waals surface area contributed by atoms with Crippen LogP contribution >= 0.6 is 11.8 Å². The highest BCUT2D eigenvalue weighted by atomic mass is 32.2. The van der Waals surface area contributed by atoms with Crippen LogP contribution in [0.25, 0.3) is 0 Å². The molecule has 0 N–H and O–H groups in total. The fourth-order valence-corrected chi connectivity index (χ4v) is 2.84. The second kappa shape index (κ2) is 7.88. The maximum atomic E-state index is 12.9. The van der Waals surface area contributed by atoms with Gasteiger partial charge in [0.05, 0.1) is 12.7 Å². The monoisotopic (exact) mass is 283 g/mol. The summed E-state index contributed by atoms with van der Waals surface area (Å²) in [6.07, 6.45) is 4.51. The third kappa shape index (κ3) is 5.13. The number of benzene rings is 1. The van der Waals surface area contributed by atoms with Gasteiger partial charge in [-0.1, -0.05) is 12.1 Å². The molecule has 0 amide bonds. The van der Waals surface area contributed by atoms with Crippen LogP contribution < -0.4 is 0 Å². The summed E-state index contributed by atoms with van der Waals surface area (Å²) in [6, 6.07) is 6.75. The van der Waals surface area contributed by atoms with Crippen LogP contribution in [0.2, 0.25) is 0 Å². The van der Waals surface area contributed by atoms with Gasteiger partial charge in [-0.15, -0.1) is 0 Å². The van der Waals surface area contributed by atoms with E-state index in [2.05, 4.69) is 11.2 Å². The van der Waals surface area contributed by atoms with Crippen molar-refractivity contribution in [3.8, 4) is 0 Å². The number of hydrogen-bond acceptors (Lipinski definition) is 3. The van der Waals surface area contributed by atoms with Crippen molar-refractivity contribution in [1.82, 2.24) is 4.90 Å². The number of morpholine rings is 1. The van der Waals surface area contributed by atoms with Gasteiger partial charge in [0.15, 0.2) is 0 Å². The first-order valence-electron chi connectivity index (χ1n) is 6.85. The molecule has 0 bridgehead atoms. The number of nitrogens with zero attached hydrogens (tertiary/aromatic N) is 1. The van der Waals surface area contributed by atoms with E-state index in [1.165, 1.54) is 24.3 Å². The standard InChI is InChI=1S/C15H22FNOS/c1-19-10-2-7-17-8-9-18-15(12-17)11-13-3-5-14(16)6-4-13/h3-6,15H,2,7-12H2,1H3/t15-/m0/s1. The molecule has 2 nitrogen and oxygen atoms in total. The number of ether oxygens (including phenoxy) is 1. The van der Waals surface area contributed by atoms with Crippen molar-refractivity contribution in [2.24, 2.45) is 0 Å². The lowest BCUT2D eigenvalue weighted by molar-refractivity contribution is -0.0273. The Bertz CT molecular complexity index is 371. The minimum Gasteiger partial charge on any atom is -0.375 e. The molecule has 1 aromatic carbocycles. The fraction of sp³-hybridized carbons (Fsp3) is 0.600. The molecule has 106 valence electrons. The quantitative estimate of drug-likeness (QED) is 0.745.